The Morgan fingerprint density at radius 1 is 1.31 bits per heavy atom. The van der Waals surface area contributed by atoms with Crippen LogP contribution in [0.1, 0.15) is 42.1 Å². The van der Waals surface area contributed by atoms with Crippen LogP contribution in [0.25, 0.3) is 0 Å². The smallest absolute Gasteiger partial charge is 0.191 e. The molecule has 0 saturated carbocycles. The monoisotopic (exact) mass is 536 g/mol. The third-order valence-corrected chi connectivity index (χ3v) is 5.30. The molecule has 0 bridgehead atoms. The van der Waals surface area contributed by atoms with Crippen molar-refractivity contribution in [1.82, 2.24) is 25.4 Å². The summed E-state index contributed by atoms with van der Waals surface area (Å²) in [5.41, 5.74) is -0.298. The van der Waals surface area contributed by atoms with E-state index in [9.17, 15) is 5.11 Å². The summed E-state index contributed by atoms with van der Waals surface area (Å²) in [4.78, 5) is 4.62. The van der Waals surface area contributed by atoms with Gasteiger partial charge in [-0.1, -0.05) is 0 Å². The van der Waals surface area contributed by atoms with Gasteiger partial charge < -0.3 is 24.7 Å². The Balaban J connectivity index is 0.00000420. The van der Waals surface area contributed by atoms with Gasteiger partial charge in [0.15, 0.2) is 11.8 Å². The Morgan fingerprint density at radius 3 is 2.59 bits per heavy atom. The molecule has 0 aliphatic rings. The van der Waals surface area contributed by atoms with E-state index in [0.717, 1.165) is 47.5 Å². The number of hydrogen-bond acceptors (Lipinski definition) is 6. The van der Waals surface area contributed by atoms with Gasteiger partial charge in [0, 0.05) is 19.2 Å². The molecule has 2 aromatic rings. The van der Waals surface area contributed by atoms with E-state index in [-0.39, 0.29) is 24.0 Å². The number of aromatic nitrogens is 3. The lowest BCUT2D eigenvalue weighted by atomic mass is 9.96. The Morgan fingerprint density at radius 2 is 2.03 bits per heavy atom. The minimum Gasteiger partial charge on any atom is -0.466 e. The number of nitrogens with one attached hydrogen (secondary N) is 2. The number of furan rings is 1. The van der Waals surface area contributed by atoms with Crippen molar-refractivity contribution in [1.29, 1.82) is 0 Å². The molecular weight excluding hydrogens is 503 g/mol. The van der Waals surface area contributed by atoms with Crippen molar-refractivity contribution in [3.8, 4) is 0 Å². The molecule has 164 valence electrons. The summed E-state index contributed by atoms with van der Waals surface area (Å²) in [6.07, 6.45) is 3.12. The molecule has 10 heteroatoms. The maximum absolute atomic E-state index is 10.9. The van der Waals surface area contributed by atoms with Crippen LogP contribution in [0.2, 0.25) is 0 Å². The van der Waals surface area contributed by atoms with Crippen LogP contribution in [0.5, 0.6) is 0 Å². The molecule has 0 aromatic carbocycles. The molecule has 0 aliphatic heterocycles. The van der Waals surface area contributed by atoms with E-state index in [1.54, 1.807) is 6.92 Å². The van der Waals surface area contributed by atoms with Gasteiger partial charge in [0.1, 0.15) is 29.5 Å². The van der Waals surface area contributed by atoms with E-state index in [4.69, 9.17) is 4.42 Å². The van der Waals surface area contributed by atoms with E-state index >= 15 is 0 Å². The average molecular weight is 536 g/mol. The van der Waals surface area contributed by atoms with Gasteiger partial charge in [-0.05, 0) is 52.2 Å². The van der Waals surface area contributed by atoms with Crippen LogP contribution in [-0.4, -0.2) is 50.9 Å². The highest BCUT2D eigenvalue weighted by Crippen LogP contribution is 2.26. The molecule has 2 heterocycles. The second-order valence-electron chi connectivity index (χ2n) is 7.11. The van der Waals surface area contributed by atoms with Crippen molar-refractivity contribution in [2.24, 2.45) is 12.0 Å². The molecular formula is C19H33IN6O2S. The predicted molar refractivity (Wildman–Crippen MR) is 129 cm³/mol. The molecule has 0 saturated heterocycles. The van der Waals surface area contributed by atoms with Crippen LogP contribution < -0.4 is 10.6 Å². The van der Waals surface area contributed by atoms with E-state index in [1.165, 1.54) is 0 Å². The van der Waals surface area contributed by atoms with Gasteiger partial charge in [-0.2, -0.15) is 11.8 Å². The van der Waals surface area contributed by atoms with Crippen molar-refractivity contribution < 1.29 is 9.52 Å². The number of hydrogen-bond donors (Lipinski definition) is 3. The maximum Gasteiger partial charge on any atom is 0.191 e. The number of rotatable bonds is 9. The highest BCUT2D eigenvalue weighted by molar-refractivity contribution is 14.0. The summed E-state index contributed by atoms with van der Waals surface area (Å²) in [5.74, 6) is 4.87. The number of thioether (sulfide) groups is 1. The lowest BCUT2D eigenvalue weighted by Crippen LogP contribution is -2.45. The standard InChI is InChI=1S/C19H32N6O2S.HI/c1-13-10-16(14(2)27-13)19(4,26)12-22-18(20-8-7-9-28-6)21-11-17-24-23-15(3)25(17)5;/h10,26H,7-9,11-12H2,1-6H3,(H2,20,21,22);1H. The Labute approximate surface area is 194 Å². The lowest BCUT2D eigenvalue weighted by Gasteiger charge is -2.24. The first-order chi connectivity index (χ1) is 13.2. The van der Waals surface area contributed by atoms with E-state index in [1.807, 2.05) is 50.2 Å². The minimum atomic E-state index is -1.08. The van der Waals surface area contributed by atoms with Crippen LogP contribution in [0.3, 0.4) is 0 Å². The molecule has 2 aromatic heterocycles. The molecule has 0 aliphatic carbocycles. The molecule has 0 amide bonds. The maximum atomic E-state index is 10.9. The van der Waals surface area contributed by atoms with Gasteiger partial charge in [0.25, 0.3) is 0 Å². The molecule has 1 atom stereocenters. The molecule has 2 rings (SSSR count). The number of aliphatic hydroxyl groups is 1. The van der Waals surface area contributed by atoms with Crippen LogP contribution in [-0.2, 0) is 19.2 Å². The van der Waals surface area contributed by atoms with Crippen molar-refractivity contribution in [3.05, 3.63) is 34.8 Å². The highest BCUT2D eigenvalue weighted by Gasteiger charge is 2.28. The SMILES string of the molecule is CSCCCNC(=NCc1nnc(C)n1C)NCC(C)(O)c1cc(C)oc1C.I. The summed E-state index contributed by atoms with van der Waals surface area (Å²) >= 11 is 1.81. The van der Waals surface area contributed by atoms with Gasteiger partial charge in [-0.3, -0.25) is 0 Å². The third kappa shape index (κ3) is 7.49. The first-order valence-electron chi connectivity index (χ1n) is 9.40. The Hall–Kier alpha value is -1.27. The summed E-state index contributed by atoms with van der Waals surface area (Å²) in [6, 6.07) is 1.88. The van der Waals surface area contributed by atoms with Gasteiger partial charge in [0.2, 0.25) is 0 Å². The van der Waals surface area contributed by atoms with Crippen LogP contribution in [0.4, 0.5) is 0 Å². The molecule has 0 radical (unpaired) electrons. The first kappa shape index (κ1) is 25.8. The fraction of sp³-hybridized carbons (Fsp3) is 0.632. The number of nitrogens with zero attached hydrogens (tertiary/aromatic N) is 4. The normalized spacial score (nSPS) is 13.7. The first-order valence-corrected chi connectivity index (χ1v) is 10.8. The summed E-state index contributed by atoms with van der Waals surface area (Å²) < 4.78 is 7.49. The van der Waals surface area contributed by atoms with Crippen molar-refractivity contribution in [3.63, 3.8) is 0 Å². The molecule has 3 N–H and O–H groups in total. The molecule has 0 spiro atoms. The van der Waals surface area contributed by atoms with Gasteiger partial charge in [0.05, 0.1) is 6.54 Å². The van der Waals surface area contributed by atoms with E-state index < -0.39 is 5.60 Å². The fourth-order valence-electron chi connectivity index (χ4n) is 2.85. The topological polar surface area (TPSA) is 100 Å². The van der Waals surface area contributed by atoms with E-state index in [0.29, 0.717) is 19.0 Å². The Kier molecular flexibility index (Phi) is 10.5. The van der Waals surface area contributed by atoms with Crippen LogP contribution in [0.15, 0.2) is 15.5 Å². The highest BCUT2D eigenvalue weighted by atomic mass is 127. The second kappa shape index (κ2) is 11.8. The predicted octanol–water partition coefficient (Wildman–Crippen LogP) is 2.65. The fourth-order valence-corrected chi connectivity index (χ4v) is 3.29. The minimum absolute atomic E-state index is 0. The van der Waals surface area contributed by atoms with Crippen molar-refractivity contribution >= 4 is 41.7 Å². The largest absolute Gasteiger partial charge is 0.466 e. The molecule has 29 heavy (non-hydrogen) atoms. The van der Waals surface area contributed by atoms with Crippen LogP contribution in [0, 0.1) is 20.8 Å². The summed E-state index contributed by atoms with van der Waals surface area (Å²) in [6.45, 7) is 8.93. The Bertz CT molecular complexity index is 803. The van der Waals surface area contributed by atoms with Crippen molar-refractivity contribution in [2.45, 2.75) is 46.3 Å². The number of guanidine groups is 1. The second-order valence-corrected chi connectivity index (χ2v) is 8.10. The zero-order chi connectivity index (χ0) is 20.7. The lowest BCUT2D eigenvalue weighted by molar-refractivity contribution is 0.0601. The van der Waals surface area contributed by atoms with Crippen molar-refractivity contribution in [2.75, 3.05) is 25.1 Å². The average Bonchev–Trinajstić information content (AvgIpc) is 3.15. The number of aliphatic imine (C=N–C) groups is 1. The molecule has 1 unspecified atom stereocenters. The van der Waals surface area contributed by atoms with Gasteiger partial charge in [-0.15, -0.1) is 34.2 Å². The third-order valence-electron chi connectivity index (χ3n) is 4.60. The molecule has 0 fully saturated rings. The number of aryl methyl sites for hydroxylation is 3. The van der Waals surface area contributed by atoms with Crippen LogP contribution >= 0.6 is 35.7 Å². The quantitative estimate of drug-likeness (QED) is 0.196. The summed E-state index contributed by atoms with van der Waals surface area (Å²) in [5, 5.41) is 25.7. The molecule has 8 nitrogen and oxygen atoms in total. The zero-order valence-corrected chi connectivity index (χ0v) is 21.2. The zero-order valence-electron chi connectivity index (χ0n) is 18.1. The number of halogens is 1. The van der Waals surface area contributed by atoms with Gasteiger partial charge >= 0.3 is 0 Å². The summed E-state index contributed by atoms with van der Waals surface area (Å²) in [7, 11) is 1.92. The van der Waals surface area contributed by atoms with Gasteiger partial charge in [-0.25, -0.2) is 4.99 Å². The van der Waals surface area contributed by atoms with E-state index in [2.05, 4.69) is 32.1 Å².